The van der Waals surface area contributed by atoms with Crippen molar-refractivity contribution in [3.05, 3.63) is 99.3 Å². The summed E-state index contributed by atoms with van der Waals surface area (Å²) in [4.78, 5) is 31.2. The molecular formula is C33H28ClF6N3O7S. The number of benzene rings is 2. The third-order valence-corrected chi connectivity index (χ3v) is 10.2. The van der Waals surface area contributed by atoms with E-state index in [1.54, 1.807) is 24.3 Å². The number of halogens is 7. The topological polar surface area (TPSA) is 133 Å². The number of ether oxygens (including phenoxy) is 3. The van der Waals surface area contributed by atoms with E-state index in [0.29, 0.717) is 24.2 Å². The summed E-state index contributed by atoms with van der Waals surface area (Å²) in [5, 5.41) is 2.62. The molecule has 0 spiro atoms. The predicted molar refractivity (Wildman–Crippen MR) is 169 cm³/mol. The zero-order valence-electron chi connectivity index (χ0n) is 26.4. The van der Waals surface area contributed by atoms with Crippen LogP contribution in [0, 0.1) is 0 Å². The van der Waals surface area contributed by atoms with Gasteiger partial charge in [-0.2, -0.15) is 26.3 Å². The number of nitrogens with one attached hydrogen (secondary N) is 2. The molecule has 2 N–H and O–H groups in total. The first-order chi connectivity index (χ1) is 23.9. The molecule has 1 aromatic heterocycles. The van der Waals surface area contributed by atoms with E-state index in [4.69, 9.17) is 25.8 Å². The molecule has 3 unspecified atom stereocenters. The average molecular weight is 760 g/mol. The molecule has 1 aliphatic heterocycles. The summed E-state index contributed by atoms with van der Waals surface area (Å²) in [6, 6.07) is 11.9. The van der Waals surface area contributed by atoms with Gasteiger partial charge in [-0.1, -0.05) is 48.0 Å². The Morgan fingerprint density at radius 3 is 2.31 bits per heavy atom. The van der Waals surface area contributed by atoms with Crippen molar-refractivity contribution >= 4 is 38.9 Å². The van der Waals surface area contributed by atoms with Crippen molar-refractivity contribution in [2.45, 2.75) is 54.7 Å². The number of sulfonamides is 1. The number of ketones is 1. The average Bonchev–Trinajstić information content (AvgIpc) is 3.77. The molecular weight excluding hydrogens is 732 g/mol. The molecule has 272 valence electrons. The number of carbonyl (C=O) groups excluding carboxylic acids is 2. The summed E-state index contributed by atoms with van der Waals surface area (Å²) < 4.78 is 123. The van der Waals surface area contributed by atoms with Crippen molar-refractivity contribution in [1.82, 2.24) is 15.0 Å². The summed E-state index contributed by atoms with van der Waals surface area (Å²) in [5.74, 6) is -1.99. The maximum Gasteiger partial charge on any atom is 0.411 e. The van der Waals surface area contributed by atoms with Crippen molar-refractivity contribution in [1.29, 1.82) is 0 Å². The van der Waals surface area contributed by atoms with Gasteiger partial charge in [-0.05, 0) is 42.2 Å². The standard InChI is InChI=1S/C33H28ClF6N3O7S/c1-48-22-7-3-2-6-20(22)31(10-11-31)30(45)43-51(46,47)14-17-8-9-18(21(34)13-17)26-23-24(29(42-26)50-16-33(38,39)40)25-19(5-4-12-41-25)28(27(23)44)49-15-32(35,36)37/h2-9,12-13,26,28-29,42H,10-11,14-16H2,1H3,(H,43,45). The highest BCUT2D eigenvalue weighted by molar-refractivity contribution is 7.89. The maximum atomic E-state index is 13.8. The van der Waals surface area contributed by atoms with E-state index in [1.165, 1.54) is 43.6 Å². The Bertz CT molecular complexity index is 2020. The molecule has 3 aromatic rings. The van der Waals surface area contributed by atoms with Gasteiger partial charge in [0.05, 0.1) is 30.0 Å². The second kappa shape index (κ2) is 13.5. The summed E-state index contributed by atoms with van der Waals surface area (Å²) in [6.07, 6.45) is -11.0. The number of hydrogen-bond donors (Lipinski definition) is 2. The molecule has 2 aliphatic carbocycles. The van der Waals surface area contributed by atoms with Gasteiger partial charge in [0.1, 0.15) is 31.3 Å². The van der Waals surface area contributed by atoms with Crippen LogP contribution in [-0.2, 0) is 40.3 Å². The number of pyridine rings is 1. The third kappa shape index (κ3) is 7.62. The quantitative estimate of drug-likeness (QED) is 0.239. The first-order valence-electron chi connectivity index (χ1n) is 15.3. The fourth-order valence-corrected chi connectivity index (χ4v) is 7.83. The molecule has 1 fully saturated rings. The SMILES string of the molecule is COc1ccccc1C1(C(=O)NS(=O)(=O)Cc2ccc(C3NC(OCC(F)(F)F)C4=C3C(=O)C(OCC(F)(F)F)c3cccnc34)c(Cl)c2)CC1. The molecule has 51 heavy (non-hydrogen) atoms. The Morgan fingerprint density at radius 1 is 0.980 bits per heavy atom. The fourth-order valence-electron chi connectivity index (χ4n) is 6.35. The summed E-state index contributed by atoms with van der Waals surface area (Å²) in [7, 11) is -2.86. The Morgan fingerprint density at radius 2 is 1.67 bits per heavy atom. The van der Waals surface area contributed by atoms with Crippen LogP contribution in [-0.4, -0.2) is 64.0 Å². The second-order valence-corrected chi connectivity index (χ2v) is 14.3. The van der Waals surface area contributed by atoms with Crippen molar-refractivity contribution < 1.29 is 58.6 Å². The van der Waals surface area contributed by atoms with E-state index < -0.39 is 76.8 Å². The highest BCUT2D eigenvalue weighted by Gasteiger charge is 2.54. The highest BCUT2D eigenvalue weighted by atomic mass is 35.5. The van der Waals surface area contributed by atoms with E-state index in [-0.39, 0.29) is 38.6 Å². The van der Waals surface area contributed by atoms with Gasteiger partial charge in [0.2, 0.25) is 15.9 Å². The number of nitrogens with zero attached hydrogens (tertiary/aromatic N) is 1. The monoisotopic (exact) mass is 759 g/mol. The lowest BCUT2D eigenvalue weighted by Gasteiger charge is -2.28. The van der Waals surface area contributed by atoms with E-state index in [0.717, 1.165) is 0 Å². The fraction of sp³-hybridized carbons (Fsp3) is 0.364. The Hall–Kier alpha value is -4.03. The number of Topliss-reactive ketones (excluding diaryl/α,β-unsaturated/α-hetero) is 1. The van der Waals surface area contributed by atoms with Crippen LogP contribution in [0.5, 0.6) is 5.75 Å². The van der Waals surface area contributed by atoms with E-state index >= 15 is 0 Å². The van der Waals surface area contributed by atoms with Crippen molar-refractivity contribution in [2.24, 2.45) is 0 Å². The first kappa shape index (κ1) is 36.8. The number of alkyl halides is 6. The minimum Gasteiger partial charge on any atom is -0.496 e. The third-order valence-electron chi connectivity index (χ3n) is 8.65. The lowest BCUT2D eigenvalue weighted by Crippen LogP contribution is -2.39. The number of rotatable bonds is 11. The van der Waals surface area contributed by atoms with E-state index in [9.17, 15) is 44.3 Å². The molecule has 6 rings (SSSR count). The van der Waals surface area contributed by atoms with Crippen molar-refractivity contribution in [3.8, 4) is 5.75 Å². The number of aromatic nitrogens is 1. The zero-order chi connectivity index (χ0) is 36.9. The number of fused-ring (bicyclic) bond motifs is 2. The van der Waals surface area contributed by atoms with Crippen LogP contribution in [0.15, 0.2) is 66.4 Å². The summed E-state index contributed by atoms with van der Waals surface area (Å²) in [5.41, 5.74) is -0.970. The first-order valence-corrected chi connectivity index (χ1v) is 17.3. The number of hydrogen-bond acceptors (Lipinski definition) is 9. The van der Waals surface area contributed by atoms with Gasteiger partial charge in [0, 0.05) is 33.5 Å². The summed E-state index contributed by atoms with van der Waals surface area (Å²) in [6.45, 7) is -3.54. The van der Waals surface area contributed by atoms with Crippen LogP contribution in [0.3, 0.4) is 0 Å². The van der Waals surface area contributed by atoms with Gasteiger partial charge < -0.3 is 14.2 Å². The number of para-hydroxylation sites is 1. The van der Waals surface area contributed by atoms with Gasteiger partial charge in [-0.15, -0.1) is 0 Å². The van der Waals surface area contributed by atoms with Crippen LogP contribution in [0.4, 0.5) is 26.3 Å². The van der Waals surface area contributed by atoms with Crippen LogP contribution >= 0.6 is 11.6 Å². The maximum absolute atomic E-state index is 13.8. The van der Waals surface area contributed by atoms with Crippen molar-refractivity contribution in [3.63, 3.8) is 0 Å². The molecule has 0 saturated heterocycles. The lowest BCUT2D eigenvalue weighted by atomic mass is 9.82. The van der Waals surface area contributed by atoms with Gasteiger partial charge in [0.25, 0.3) is 0 Å². The van der Waals surface area contributed by atoms with Crippen molar-refractivity contribution in [2.75, 3.05) is 20.3 Å². The molecule has 1 amide bonds. The molecule has 0 bridgehead atoms. The molecule has 1 saturated carbocycles. The molecule has 10 nitrogen and oxygen atoms in total. The normalized spacial score (nSPS) is 21.3. The minimum atomic E-state index is -4.81. The van der Waals surface area contributed by atoms with E-state index in [1.807, 2.05) is 0 Å². The van der Waals surface area contributed by atoms with E-state index in [2.05, 4.69) is 15.0 Å². The largest absolute Gasteiger partial charge is 0.496 e. The highest BCUT2D eigenvalue weighted by Crippen LogP contribution is 2.52. The van der Waals surface area contributed by atoms with Crippen LogP contribution in [0.1, 0.15) is 52.9 Å². The Labute approximate surface area is 292 Å². The molecule has 0 radical (unpaired) electrons. The van der Waals surface area contributed by atoms with Gasteiger partial charge in [-0.25, -0.2) is 8.42 Å². The molecule has 2 heterocycles. The number of methoxy groups -OCH3 is 1. The van der Waals surface area contributed by atoms with Gasteiger partial charge >= 0.3 is 12.4 Å². The number of carbonyl (C=O) groups is 2. The van der Waals surface area contributed by atoms with Crippen LogP contribution in [0.2, 0.25) is 5.02 Å². The zero-order valence-corrected chi connectivity index (χ0v) is 28.0. The summed E-state index contributed by atoms with van der Waals surface area (Å²) >= 11 is 6.59. The molecule has 3 aliphatic rings. The molecule has 3 atom stereocenters. The second-order valence-electron chi connectivity index (χ2n) is 12.2. The lowest BCUT2D eigenvalue weighted by molar-refractivity contribution is -0.187. The predicted octanol–water partition coefficient (Wildman–Crippen LogP) is 5.63. The molecule has 18 heteroatoms. The van der Waals surface area contributed by atoms with Crippen LogP contribution in [0.25, 0.3) is 5.57 Å². The Balaban J connectivity index is 1.28. The van der Waals surface area contributed by atoms with Gasteiger partial charge in [0.15, 0.2) is 5.78 Å². The smallest absolute Gasteiger partial charge is 0.411 e. The number of amides is 1. The minimum absolute atomic E-state index is 0.0721. The molecule has 2 aromatic carbocycles. The Kier molecular flexibility index (Phi) is 9.73. The van der Waals surface area contributed by atoms with Gasteiger partial charge in [-0.3, -0.25) is 24.6 Å². The van der Waals surface area contributed by atoms with Crippen LogP contribution < -0.4 is 14.8 Å².